The van der Waals surface area contributed by atoms with Crippen LogP contribution in [-0.2, 0) is 10.8 Å². The van der Waals surface area contributed by atoms with Crippen LogP contribution in [0.2, 0.25) is 0 Å². The Kier molecular flexibility index (Phi) is 5.51. The van der Waals surface area contributed by atoms with Gasteiger partial charge in [-0.3, -0.25) is 0 Å². The maximum Gasteiger partial charge on any atom is 0.131 e. The Morgan fingerprint density at radius 3 is 1.64 bits per heavy atom. The smallest absolute Gasteiger partial charge is 0.131 e. The predicted octanol–water partition coefficient (Wildman–Crippen LogP) is 12.3. The van der Waals surface area contributed by atoms with E-state index in [1.54, 1.807) is 0 Å². The van der Waals surface area contributed by atoms with Crippen molar-refractivity contribution in [1.82, 2.24) is 0 Å². The van der Waals surface area contributed by atoms with Crippen LogP contribution in [0.4, 0.5) is 0 Å². The van der Waals surface area contributed by atoms with E-state index in [1.807, 2.05) is 0 Å². The van der Waals surface area contributed by atoms with E-state index in [1.165, 1.54) is 83.1 Å². The molecule has 1 spiro atoms. The maximum absolute atomic E-state index is 6.59. The van der Waals surface area contributed by atoms with Gasteiger partial charge in [0.2, 0.25) is 0 Å². The monoisotopic (exact) mass is 636 g/mol. The number of fused-ring (bicyclic) bond motifs is 13. The molecule has 2 unspecified atom stereocenters. The lowest BCUT2D eigenvalue weighted by atomic mass is 9.68. The van der Waals surface area contributed by atoms with E-state index in [9.17, 15) is 0 Å². The zero-order valence-electron chi connectivity index (χ0n) is 27.7. The van der Waals surface area contributed by atoms with Crippen molar-refractivity contribution in [3.8, 4) is 44.9 Å². The SMILES string of the molecule is CC1(c2ccccc2)c2ccccc2Oc2ccc(-c3ccc4c(c3)C3(c5ccccc5-4)c4ccccc4-c4cc5ccccc5cc43)cc21. The van der Waals surface area contributed by atoms with Crippen LogP contribution in [0.5, 0.6) is 11.5 Å². The van der Waals surface area contributed by atoms with Crippen LogP contribution >= 0.6 is 0 Å². The highest BCUT2D eigenvalue weighted by Gasteiger charge is 2.52. The Labute approximate surface area is 292 Å². The summed E-state index contributed by atoms with van der Waals surface area (Å²) >= 11 is 0. The summed E-state index contributed by atoms with van der Waals surface area (Å²) in [6.07, 6.45) is 0. The summed E-state index contributed by atoms with van der Waals surface area (Å²) in [6.45, 7) is 2.34. The zero-order chi connectivity index (χ0) is 33.0. The lowest BCUT2D eigenvalue weighted by Crippen LogP contribution is -2.29. The van der Waals surface area contributed by atoms with E-state index in [0.717, 1.165) is 11.5 Å². The molecule has 1 heterocycles. The lowest BCUT2D eigenvalue weighted by molar-refractivity contribution is 0.427. The molecule has 0 amide bonds. The average molecular weight is 637 g/mol. The highest BCUT2D eigenvalue weighted by molar-refractivity contribution is 6.00. The predicted molar refractivity (Wildman–Crippen MR) is 204 cm³/mol. The maximum atomic E-state index is 6.59. The van der Waals surface area contributed by atoms with Crippen molar-refractivity contribution >= 4 is 10.8 Å². The van der Waals surface area contributed by atoms with Crippen LogP contribution in [0.1, 0.15) is 45.9 Å². The van der Waals surface area contributed by atoms with E-state index in [4.69, 9.17) is 4.74 Å². The summed E-state index contributed by atoms with van der Waals surface area (Å²) < 4.78 is 6.59. The summed E-state index contributed by atoms with van der Waals surface area (Å²) in [5, 5.41) is 2.55. The lowest BCUT2D eigenvalue weighted by Gasteiger charge is -2.38. The molecule has 0 saturated carbocycles. The van der Waals surface area contributed by atoms with Crippen LogP contribution < -0.4 is 4.74 Å². The number of para-hydroxylation sites is 1. The molecule has 0 aromatic heterocycles. The molecule has 0 fully saturated rings. The van der Waals surface area contributed by atoms with Crippen LogP contribution in [0.3, 0.4) is 0 Å². The number of ether oxygens (including phenoxy) is 1. The van der Waals surface area contributed by atoms with Crippen molar-refractivity contribution in [1.29, 1.82) is 0 Å². The quantitative estimate of drug-likeness (QED) is 0.183. The third-order valence-electron chi connectivity index (χ3n) is 11.8. The molecule has 0 saturated heterocycles. The van der Waals surface area contributed by atoms with E-state index < -0.39 is 5.41 Å². The number of hydrogen-bond acceptors (Lipinski definition) is 1. The number of benzene rings is 8. The molecule has 8 aromatic rings. The normalized spacial score (nSPS) is 18.8. The summed E-state index contributed by atoms with van der Waals surface area (Å²) in [5.74, 6) is 1.83. The first-order valence-corrected chi connectivity index (χ1v) is 17.5. The standard InChI is InChI=1S/C49H32O/c1-48(35-15-3-2-4-16-35)42-21-11-12-22-46(42)50-47-26-24-34(30-45(47)48)33-23-25-38-36-17-7-9-19-40(36)49(43(38)29-33)41-20-10-8-18-37(41)39-27-31-13-5-6-14-32(31)28-44(39)49/h2-30H,1H3. The van der Waals surface area contributed by atoms with Gasteiger partial charge in [-0.2, -0.15) is 0 Å². The molecule has 1 aliphatic heterocycles. The molecule has 11 rings (SSSR count). The highest BCUT2D eigenvalue weighted by atomic mass is 16.5. The van der Waals surface area contributed by atoms with E-state index >= 15 is 0 Å². The van der Waals surface area contributed by atoms with Gasteiger partial charge in [0.25, 0.3) is 0 Å². The first-order chi connectivity index (χ1) is 24.7. The van der Waals surface area contributed by atoms with Crippen LogP contribution in [0, 0.1) is 0 Å². The topological polar surface area (TPSA) is 9.23 Å². The summed E-state index contributed by atoms with van der Waals surface area (Å²) in [5.41, 5.74) is 16.0. The minimum Gasteiger partial charge on any atom is -0.457 e. The fourth-order valence-electron chi connectivity index (χ4n) is 9.51. The van der Waals surface area contributed by atoms with Crippen molar-refractivity contribution < 1.29 is 4.74 Å². The Morgan fingerprint density at radius 2 is 0.880 bits per heavy atom. The summed E-state index contributed by atoms with van der Waals surface area (Å²) in [4.78, 5) is 0. The molecule has 0 bridgehead atoms. The van der Waals surface area contributed by atoms with Gasteiger partial charge in [0.05, 0.1) is 5.41 Å². The zero-order valence-corrected chi connectivity index (χ0v) is 27.7. The van der Waals surface area contributed by atoms with Gasteiger partial charge in [0.15, 0.2) is 0 Å². The molecule has 1 nitrogen and oxygen atoms in total. The van der Waals surface area contributed by atoms with Crippen LogP contribution in [0.25, 0.3) is 44.2 Å². The largest absolute Gasteiger partial charge is 0.457 e. The van der Waals surface area contributed by atoms with Gasteiger partial charge in [0, 0.05) is 16.5 Å². The van der Waals surface area contributed by atoms with Crippen molar-refractivity contribution in [2.75, 3.05) is 0 Å². The molecule has 1 heteroatoms. The van der Waals surface area contributed by atoms with Crippen molar-refractivity contribution in [2.45, 2.75) is 17.8 Å². The molecule has 2 aliphatic carbocycles. The first-order valence-electron chi connectivity index (χ1n) is 17.5. The first kappa shape index (κ1) is 27.7. The second-order valence-corrected chi connectivity index (χ2v) is 14.1. The minimum absolute atomic E-state index is 0.375. The third kappa shape index (κ3) is 3.46. The fraction of sp³-hybridized carbons (Fsp3) is 0.0612. The third-order valence-corrected chi connectivity index (χ3v) is 11.8. The van der Waals surface area contributed by atoms with Gasteiger partial charge in [-0.25, -0.2) is 0 Å². The van der Waals surface area contributed by atoms with Gasteiger partial charge < -0.3 is 4.74 Å². The minimum atomic E-state index is -0.410. The Morgan fingerprint density at radius 1 is 0.360 bits per heavy atom. The van der Waals surface area contributed by atoms with Gasteiger partial charge in [-0.1, -0.05) is 140 Å². The van der Waals surface area contributed by atoms with Crippen molar-refractivity contribution in [3.63, 3.8) is 0 Å². The van der Waals surface area contributed by atoms with E-state index in [2.05, 4.69) is 183 Å². The molecule has 234 valence electrons. The van der Waals surface area contributed by atoms with Crippen molar-refractivity contribution in [3.05, 3.63) is 215 Å². The molecular formula is C49H32O. The molecule has 8 aromatic carbocycles. The average Bonchev–Trinajstić information content (AvgIpc) is 3.64. The molecule has 0 N–H and O–H groups in total. The van der Waals surface area contributed by atoms with Gasteiger partial charge in [-0.15, -0.1) is 0 Å². The van der Waals surface area contributed by atoms with Crippen LogP contribution in [0.15, 0.2) is 176 Å². The number of hydrogen-bond donors (Lipinski definition) is 0. The molecule has 0 radical (unpaired) electrons. The van der Waals surface area contributed by atoms with E-state index in [-0.39, 0.29) is 5.41 Å². The second-order valence-electron chi connectivity index (χ2n) is 14.1. The van der Waals surface area contributed by atoms with Gasteiger partial charge in [0.1, 0.15) is 11.5 Å². The summed E-state index contributed by atoms with van der Waals surface area (Å²) in [7, 11) is 0. The van der Waals surface area contributed by atoms with Gasteiger partial charge >= 0.3 is 0 Å². The van der Waals surface area contributed by atoms with Crippen LogP contribution in [-0.4, -0.2) is 0 Å². The Bertz CT molecular complexity index is 2700. The van der Waals surface area contributed by atoms with Crippen molar-refractivity contribution in [2.24, 2.45) is 0 Å². The second kappa shape index (κ2) is 9.94. The Hall–Kier alpha value is -6.18. The Balaban J connectivity index is 1.17. The van der Waals surface area contributed by atoms with Gasteiger partial charge in [-0.05, 0) is 115 Å². The summed E-state index contributed by atoms with van der Waals surface area (Å²) in [6, 6.07) is 65.1. The fourth-order valence-corrected chi connectivity index (χ4v) is 9.51. The highest BCUT2D eigenvalue weighted by Crippen LogP contribution is 2.63. The van der Waals surface area contributed by atoms with E-state index in [0.29, 0.717) is 0 Å². The number of rotatable bonds is 2. The molecule has 2 atom stereocenters. The molecule has 50 heavy (non-hydrogen) atoms. The molecule has 3 aliphatic rings. The molecular weight excluding hydrogens is 605 g/mol.